The molecule has 0 atom stereocenters. The lowest BCUT2D eigenvalue weighted by molar-refractivity contribution is -0.122. The molecule has 5 nitrogen and oxygen atoms in total. The van der Waals surface area contributed by atoms with Gasteiger partial charge in [0.25, 0.3) is 11.8 Å². The van der Waals surface area contributed by atoms with Gasteiger partial charge in [0.1, 0.15) is 5.57 Å². The van der Waals surface area contributed by atoms with Crippen LogP contribution in [0.5, 0.6) is 0 Å². The molecule has 2 amide bonds. The third-order valence-corrected chi connectivity index (χ3v) is 5.43. The molecule has 3 aromatic rings. The minimum absolute atomic E-state index is 0.00480. The van der Waals surface area contributed by atoms with Crippen LogP contribution in [0.2, 0.25) is 5.02 Å². The van der Waals surface area contributed by atoms with Gasteiger partial charge in [-0.2, -0.15) is 0 Å². The van der Waals surface area contributed by atoms with E-state index in [0.29, 0.717) is 10.7 Å². The number of hydrogen-bond donors (Lipinski definition) is 1. The molecule has 0 aliphatic carbocycles. The molecule has 1 fully saturated rings. The molecule has 0 saturated carbocycles. The summed E-state index contributed by atoms with van der Waals surface area (Å²) in [5.41, 5.74) is 2.26. The third kappa shape index (κ3) is 3.34. The van der Waals surface area contributed by atoms with Crippen LogP contribution in [0.1, 0.15) is 25.5 Å². The van der Waals surface area contributed by atoms with Crippen LogP contribution >= 0.6 is 23.8 Å². The summed E-state index contributed by atoms with van der Waals surface area (Å²) in [6.07, 6.45) is 3.57. The van der Waals surface area contributed by atoms with Gasteiger partial charge in [-0.15, -0.1) is 0 Å². The van der Waals surface area contributed by atoms with Gasteiger partial charge in [-0.05, 0) is 50.3 Å². The number of aromatic nitrogens is 1. The summed E-state index contributed by atoms with van der Waals surface area (Å²) in [7, 11) is 0. The summed E-state index contributed by atoms with van der Waals surface area (Å²) in [5.74, 6) is -1.03. The fourth-order valence-electron chi connectivity index (χ4n) is 3.44. The minimum Gasteiger partial charge on any atom is -0.344 e. The molecule has 7 heteroatoms. The maximum atomic E-state index is 13.2. The van der Waals surface area contributed by atoms with Crippen molar-refractivity contribution < 1.29 is 9.59 Å². The van der Waals surface area contributed by atoms with Crippen molar-refractivity contribution in [3.8, 4) is 0 Å². The number of rotatable bonds is 3. The first kappa shape index (κ1) is 19.4. The Labute approximate surface area is 178 Å². The maximum Gasteiger partial charge on any atom is 0.270 e. The van der Waals surface area contributed by atoms with Crippen molar-refractivity contribution in [1.82, 2.24) is 9.88 Å². The number of nitrogens with zero attached hydrogens (tertiary/aromatic N) is 2. The molecule has 4 rings (SSSR count). The van der Waals surface area contributed by atoms with E-state index in [1.165, 1.54) is 4.90 Å². The Morgan fingerprint density at radius 3 is 2.48 bits per heavy atom. The molecule has 29 heavy (non-hydrogen) atoms. The predicted octanol–water partition coefficient (Wildman–Crippen LogP) is 4.71. The summed E-state index contributed by atoms with van der Waals surface area (Å²) in [5, 5.41) is 3.94. The number of amides is 2. The lowest BCUT2D eigenvalue weighted by Crippen LogP contribution is -2.54. The maximum absolute atomic E-state index is 13.2. The lowest BCUT2D eigenvalue weighted by atomic mass is 10.1. The fraction of sp³-hybridized carbons (Fsp3) is 0.136. The van der Waals surface area contributed by atoms with E-state index < -0.39 is 11.8 Å². The zero-order valence-corrected chi connectivity index (χ0v) is 17.4. The normalized spacial score (nSPS) is 16.2. The molecule has 0 unspecified atom stereocenters. The van der Waals surface area contributed by atoms with Crippen LogP contribution in [0.15, 0.2) is 60.3 Å². The van der Waals surface area contributed by atoms with Crippen molar-refractivity contribution >= 4 is 63.4 Å². The molecular weight excluding hydrogens is 406 g/mol. The van der Waals surface area contributed by atoms with Gasteiger partial charge < -0.3 is 4.57 Å². The number of fused-ring (bicyclic) bond motifs is 1. The lowest BCUT2D eigenvalue weighted by Gasteiger charge is -2.29. The van der Waals surface area contributed by atoms with Gasteiger partial charge in [0, 0.05) is 28.7 Å². The summed E-state index contributed by atoms with van der Waals surface area (Å²) < 4.78 is 2.11. The van der Waals surface area contributed by atoms with Crippen molar-refractivity contribution in [2.45, 2.75) is 19.9 Å². The number of carbonyl (C=O) groups excluding carboxylic acids is 2. The van der Waals surface area contributed by atoms with Crippen molar-refractivity contribution in [2.75, 3.05) is 4.90 Å². The Hall–Kier alpha value is -2.96. The number of anilines is 1. The highest BCUT2D eigenvalue weighted by Crippen LogP contribution is 2.31. The molecule has 0 spiro atoms. The zero-order valence-electron chi connectivity index (χ0n) is 15.8. The van der Waals surface area contributed by atoms with Crippen LogP contribution in [0, 0.1) is 0 Å². The molecule has 0 bridgehead atoms. The molecule has 1 aromatic heterocycles. The van der Waals surface area contributed by atoms with Gasteiger partial charge in [-0.3, -0.25) is 19.8 Å². The molecule has 146 valence electrons. The van der Waals surface area contributed by atoms with Crippen LogP contribution in [-0.2, 0) is 9.59 Å². The van der Waals surface area contributed by atoms with Crippen molar-refractivity contribution in [3.63, 3.8) is 0 Å². The highest BCUT2D eigenvalue weighted by molar-refractivity contribution is 7.80. The third-order valence-electron chi connectivity index (χ3n) is 4.82. The van der Waals surface area contributed by atoms with E-state index in [2.05, 4.69) is 23.7 Å². The highest BCUT2D eigenvalue weighted by atomic mass is 35.5. The van der Waals surface area contributed by atoms with E-state index in [1.807, 2.05) is 30.5 Å². The SMILES string of the molecule is CC(C)n1cc(/C=C2\C(=O)NC(=S)N(c3ccccc3Cl)C2=O)c2ccccc21. The average Bonchev–Trinajstić information content (AvgIpc) is 3.05. The quantitative estimate of drug-likeness (QED) is 0.377. The van der Waals surface area contributed by atoms with Crippen LogP contribution in [0.3, 0.4) is 0 Å². The highest BCUT2D eigenvalue weighted by Gasteiger charge is 2.35. The summed E-state index contributed by atoms with van der Waals surface area (Å²) >= 11 is 11.5. The Morgan fingerprint density at radius 1 is 1.07 bits per heavy atom. The second kappa shape index (κ2) is 7.46. The summed E-state index contributed by atoms with van der Waals surface area (Å²) in [4.78, 5) is 27.1. The van der Waals surface area contributed by atoms with Crippen LogP contribution in [0.25, 0.3) is 17.0 Å². The Kier molecular flexibility index (Phi) is 4.98. The molecule has 1 aliphatic rings. The first-order valence-electron chi connectivity index (χ1n) is 9.14. The van der Waals surface area contributed by atoms with Gasteiger partial charge in [0.05, 0.1) is 10.7 Å². The number of para-hydroxylation sites is 2. The van der Waals surface area contributed by atoms with Gasteiger partial charge in [0.15, 0.2) is 5.11 Å². The minimum atomic E-state index is -0.523. The van der Waals surface area contributed by atoms with E-state index in [-0.39, 0.29) is 16.7 Å². The van der Waals surface area contributed by atoms with Crippen LogP contribution in [0.4, 0.5) is 5.69 Å². The second-order valence-electron chi connectivity index (χ2n) is 7.01. The van der Waals surface area contributed by atoms with Gasteiger partial charge in [-0.1, -0.05) is 41.9 Å². The van der Waals surface area contributed by atoms with E-state index in [0.717, 1.165) is 16.5 Å². The first-order chi connectivity index (χ1) is 13.9. The molecule has 2 heterocycles. The zero-order chi connectivity index (χ0) is 20.7. The van der Waals surface area contributed by atoms with Crippen molar-refractivity contribution in [3.05, 3.63) is 70.9 Å². The van der Waals surface area contributed by atoms with Crippen LogP contribution in [-0.4, -0.2) is 21.5 Å². The number of carbonyl (C=O) groups is 2. The smallest absolute Gasteiger partial charge is 0.270 e. The van der Waals surface area contributed by atoms with Crippen LogP contribution < -0.4 is 10.2 Å². The molecule has 1 N–H and O–H groups in total. The van der Waals surface area contributed by atoms with E-state index in [4.69, 9.17) is 23.8 Å². The number of hydrogen-bond acceptors (Lipinski definition) is 3. The average molecular weight is 424 g/mol. The van der Waals surface area contributed by atoms with Gasteiger partial charge >= 0.3 is 0 Å². The number of nitrogens with one attached hydrogen (secondary N) is 1. The van der Waals surface area contributed by atoms with Gasteiger partial charge in [0.2, 0.25) is 0 Å². The predicted molar refractivity (Wildman–Crippen MR) is 120 cm³/mol. The molecular formula is C22H18ClN3O2S. The van der Waals surface area contributed by atoms with Gasteiger partial charge in [-0.25, -0.2) is 0 Å². The summed E-state index contributed by atoms with van der Waals surface area (Å²) in [6, 6.07) is 15.0. The van der Waals surface area contributed by atoms with E-state index in [1.54, 1.807) is 30.3 Å². The largest absolute Gasteiger partial charge is 0.344 e. The van der Waals surface area contributed by atoms with Crippen molar-refractivity contribution in [1.29, 1.82) is 0 Å². The summed E-state index contributed by atoms with van der Waals surface area (Å²) in [6.45, 7) is 4.17. The van der Waals surface area contributed by atoms with Crippen molar-refractivity contribution in [2.24, 2.45) is 0 Å². The number of benzene rings is 2. The molecule has 1 saturated heterocycles. The first-order valence-corrected chi connectivity index (χ1v) is 9.92. The number of thiocarbonyl (C=S) groups is 1. The number of halogens is 1. The second-order valence-corrected chi connectivity index (χ2v) is 7.81. The fourth-order valence-corrected chi connectivity index (χ4v) is 3.93. The molecule has 2 aromatic carbocycles. The van der Waals surface area contributed by atoms with E-state index in [9.17, 15) is 9.59 Å². The monoisotopic (exact) mass is 423 g/mol. The topological polar surface area (TPSA) is 54.3 Å². The Morgan fingerprint density at radius 2 is 1.76 bits per heavy atom. The standard InChI is InChI=1S/C22H18ClN3O2S/c1-13(2)25-12-14(15-7-3-5-9-18(15)25)11-16-20(27)24-22(29)26(21(16)28)19-10-6-4-8-17(19)23/h3-13H,1-2H3,(H,24,27,29)/b16-11+. The molecule has 1 aliphatic heterocycles. The molecule has 0 radical (unpaired) electrons. The van der Waals surface area contributed by atoms with E-state index >= 15 is 0 Å². The Bertz CT molecular complexity index is 1200. The Balaban J connectivity index is 1.84.